The van der Waals surface area contributed by atoms with Gasteiger partial charge in [-0.25, -0.2) is 4.79 Å². The molecule has 1 aliphatic rings. The van der Waals surface area contributed by atoms with Crippen molar-refractivity contribution in [1.82, 2.24) is 15.5 Å². The Hall–Kier alpha value is -0.770. The van der Waals surface area contributed by atoms with E-state index in [1.54, 1.807) is 0 Å². The number of likely N-dealkylation sites (tertiary alicyclic amines) is 1. The number of rotatable bonds is 2. The smallest absolute Gasteiger partial charge is 0.317 e. The lowest BCUT2D eigenvalue weighted by Gasteiger charge is -2.32. The molecule has 0 bridgehead atoms. The Kier molecular flexibility index (Phi) is 4.20. The van der Waals surface area contributed by atoms with Crippen molar-refractivity contribution in [1.29, 1.82) is 0 Å². The zero-order chi connectivity index (χ0) is 10.6. The van der Waals surface area contributed by atoms with Crippen molar-refractivity contribution >= 4 is 6.03 Å². The van der Waals surface area contributed by atoms with Gasteiger partial charge in [0, 0.05) is 25.2 Å². The lowest BCUT2D eigenvalue weighted by molar-refractivity contribution is 0.175. The van der Waals surface area contributed by atoms with Crippen LogP contribution in [-0.2, 0) is 0 Å². The van der Waals surface area contributed by atoms with E-state index < -0.39 is 0 Å². The highest BCUT2D eigenvalue weighted by molar-refractivity contribution is 5.74. The number of nitrogens with one attached hydrogen (secondary N) is 2. The number of hydrogen-bond acceptors (Lipinski definition) is 2. The molecule has 1 saturated heterocycles. The van der Waals surface area contributed by atoms with Crippen LogP contribution in [0.15, 0.2) is 0 Å². The minimum absolute atomic E-state index is 0.0783. The van der Waals surface area contributed by atoms with Crippen molar-refractivity contribution in [2.45, 2.75) is 38.8 Å². The van der Waals surface area contributed by atoms with Crippen molar-refractivity contribution < 1.29 is 4.79 Å². The van der Waals surface area contributed by atoms with E-state index in [4.69, 9.17) is 0 Å². The van der Waals surface area contributed by atoms with Gasteiger partial charge in [0.1, 0.15) is 0 Å². The summed E-state index contributed by atoms with van der Waals surface area (Å²) in [4.78, 5) is 13.5. The van der Waals surface area contributed by atoms with Gasteiger partial charge in [0.2, 0.25) is 0 Å². The van der Waals surface area contributed by atoms with Gasteiger partial charge in [-0.15, -0.1) is 0 Å². The highest BCUT2D eigenvalue weighted by atomic mass is 16.2. The third kappa shape index (κ3) is 3.18. The molecule has 1 fully saturated rings. The van der Waals surface area contributed by atoms with Gasteiger partial charge in [-0.05, 0) is 33.7 Å². The molecule has 2 amide bonds. The number of urea groups is 1. The fourth-order valence-electron chi connectivity index (χ4n) is 1.71. The number of carbonyl (C=O) groups excluding carboxylic acids is 1. The molecule has 1 rings (SSSR count). The summed E-state index contributed by atoms with van der Waals surface area (Å²) in [5.41, 5.74) is 0. The first-order valence-electron chi connectivity index (χ1n) is 5.36. The molecule has 82 valence electrons. The van der Waals surface area contributed by atoms with Gasteiger partial charge in [-0.1, -0.05) is 0 Å². The summed E-state index contributed by atoms with van der Waals surface area (Å²) in [7, 11) is 1.98. The van der Waals surface area contributed by atoms with Crippen LogP contribution in [0.4, 0.5) is 4.79 Å². The van der Waals surface area contributed by atoms with Crippen LogP contribution in [0.1, 0.15) is 26.7 Å². The molecular formula is C10H21N3O. The maximum Gasteiger partial charge on any atom is 0.317 e. The van der Waals surface area contributed by atoms with Crippen molar-refractivity contribution in [2.24, 2.45) is 0 Å². The Labute approximate surface area is 86.0 Å². The summed E-state index contributed by atoms with van der Waals surface area (Å²) in [5.74, 6) is 0. The summed E-state index contributed by atoms with van der Waals surface area (Å²) in [6.07, 6.45) is 2.12. The van der Waals surface area contributed by atoms with Gasteiger partial charge in [0.25, 0.3) is 0 Å². The third-order valence-corrected chi connectivity index (χ3v) is 2.60. The monoisotopic (exact) mass is 199 g/mol. The first kappa shape index (κ1) is 11.3. The van der Waals surface area contributed by atoms with Crippen LogP contribution in [0.3, 0.4) is 0 Å². The first-order chi connectivity index (χ1) is 6.63. The fourth-order valence-corrected chi connectivity index (χ4v) is 1.71. The topological polar surface area (TPSA) is 44.4 Å². The maximum absolute atomic E-state index is 11.6. The van der Waals surface area contributed by atoms with Crippen LogP contribution in [0.25, 0.3) is 0 Å². The van der Waals surface area contributed by atoms with E-state index in [0.717, 1.165) is 25.9 Å². The molecule has 4 nitrogen and oxygen atoms in total. The summed E-state index contributed by atoms with van der Waals surface area (Å²) in [5, 5.41) is 6.16. The number of carbonyl (C=O) groups is 1. The highest BCUT2D eigenvalue weighted by Crippen LogP contribution is 2.09. The Morgan fingerprint density at radius 1 is 1.36 bits per heavy atom. The molecule has 0 unspecified atom stereocenters. The van der Waals surface area contributed by atoms with Gasteiger partial charge in [-0.3, -0.25) is 0 Å². The quantitative estimate of drug-likeness (QED) is 0.690. The summed E-state index contributed by atoms with van der Waals surface area (Å²) >= 11 is 0. The molecule has 4 heteroatoms. The van der Waals surface area contributed by atoms with Crippen LogP contribution in [-0.4, -0.2) is 43.2 Å². The zero-order valence-corrected chi connectivity index (χ0v) is 9.34. The summed E-state index contributed by atoms with van der Waals surface area (Å²) in [6.45, 7) is 5.70. The Bertz CT molecular complexity index is 186. The van der Waals surface area contributed by atoms with Crippen LogP contribution in [0.5, 0.6) is 0 Å². The Balaban J connectivity index is 2.30. The Morgan fingerprint density at radius 2 is 1.93 bits per heavy atom. The third-order valence-electron chi connectivity index (χ3n) is 2.60. The molecule has 1 heterocycles. The van der Waals surface area contributed by atoms with Crippen molar-refractivity contribution in [2.75, 3.05) is 20.1 Å². The van der Waals surface area contributed by atoms with E-state index >= 15 is 0 Å². The maximum atomic E-state index is 11.6. The first-order valence-corrected chi connectivity index (χ1v) is 5.36. The average Bonchev–Trinajstić information content (AvgIpc) is 2.17. The van der Waals surface area contributed by atoms with Crippen LogP contribution in [0, 0.1) is 0 Å². The molecule has 14 heavy (non-hydrogen) atoms. The van der Waals surface area contributed by atoms with Crippen LogP contribution >= 0.6 is 0 Å². The predicted octanol–water partition coefficient (Wildman–Crippen LogP) is 0.788. The van der Waals surface area contributed by atoms with Crippen molar-refractivity contribution in [3.05, 3.63) is 0 Å². The number of hydrogen-bond donors (Lipinski definition) is 2. The van der Waals surface area contributed by atoms with Gasteiger partial charge in [-0.2, -0.15) is 0 Å². The molecule has 2 N–H and O–H groups in total. The molecule has 0 spiro atoms. The molecule has 0 aliphatic carbocycles. The lowest BCUT2D eigenvalue weighted by atomic mass is 10.1. The Morgan fingerprint density at radius 3 is 2.36 bits per heavy atom. The molecular weight excluding hydrogens is 178 g/mol. The molecule has 0 aromatic carbocycles. The van der Waals surface area contributed by atoms with E-state index in [2.05, 4.69) is 10.6 Å². The van der Waals surface area contributed by atoms with Gasteiger partial charge in [0.05, 0.1) is 0 Å². The molecule has 1 aliphatic heterocycles. The van der Waals surface area contributed by atoms with Crippen molar-refractivity contribution in [3.8, 4) is 0 Å². The highest BCUT2D eigenvalue weighted by Gasteiger charge is 2.21. The number of amides is 2. The molecule has 0 atom stereocenters. The normalized spacial score (nSPS) is 18.7. The number of piperidine rings is 1. The van der Waals surface area contributed by atoms with Crippen molar-refractivity contribution in [3.63, 3.8) is 0 Å². The van der Waals surface area contributed by atoms with E-state index in [9.17, 15) is 4.79 Å². The molecule has 0 saturated carbocycles. The van der Waals surface area contributed by atoms with E-state index in [1.807, 2.05) is 25.8 Å². The van der Waals surface area contributed by atoms with E-state index in [-0.39, 0.29) is 12.1 Å². The lowest BCUT2D eigenvalue weighted by Crippen LogP contribution is -2.49. The standard InChI is InChI=1S/C10H21N3O/c1-8(2)12-10(14)13-6-4-9(11-3)5-7-13/h8-9,11H,4-7H2,1-3H3,(H,12,14). The molecule has 0 aromatic rings. The van der Waals surface area contributed by atoms with E-state index in [1.165, 1.54) is 0 Å². The van der Waals surface area contributed by atoms with E-state index in [0.29, 0.717) is 6.04 Å². The van der Waals surface area contributed by atoms with Gasteiger partial charge >= 0.3 is 6.03 Å². The van der Waals surface area contributed by atoms with Gasteiger partial charge in [0.15, 0.2) is 0 Å². The summed E-state index contributed by atoms with van der Waals surface area (Å²) in [6, 6.07) is 0.886. The van der Waals surface area contributed by atoms with Crippen LogP contribution in [0.2, 0.25) is 0 Å². The van der Waals surface area contributed by atoms with Gasteiger partial charge < -0.3 is 15.5 Å². The fraction of sp³-hybridized carbons (Fsp3) is 0.900. The second-order valence-electron chi connectivity index (χ2n) is 4.15. The summed E-state index contributed by atoms with van der Waals surface area (Å²) < 4.78 is 0. The predicted molar refractivity (Wildman–Crippen MR) is 57.3 cm³/mol. The second-order valence-corrected chi connectivity index (χ2v) is 4.15. The minimum atomic E-state index is 0.0783. The largest absolute Gasteiger partial charge is 0.336 e. The van der Waals surface area contributed by atoms with Crippen LogP contribution < -0.4 is 10.6 Å². The zero-order valence-electron chi connectivity index (χ0n) is 9.34. The SMILES string of the molecule is CNC1CCN(C(=O)NC(C)C)CC1. The average molecular weight is 199 g/mol. The molecule has 0 aromatic heterocycles. The minimum Gasteiger partial charge on any atom is -0.336 e. The number of nitrogens with zero attached hydrogens (tertiary/aromatic N) is 1. The molecule has 0 radical (unpaired) electrons. The second kappa shape index (κ2) is 5.20.